The van der Waals surface area contributed by atoms with Crippen molar-refractivity contribution in [2.75, 3.05) is 4.90 Å². The van der Waals surface area contributed by atoms with E-state index in [0.29, 0.717) is 17.7 Å². The number of hydrogen-bond acceptors (Lipinski definition) is 2. The van der Waals surface area contributed by atoms with Crippen LogP contribution in [0.2, 0.25) is 0 Å². The highest BCUT2D eigenvalue weighted by Crippen LogP contribution is 2.29. The van der Waals surface area contributed by atoms with Gasteiger partial charge in [0.05, 0.1) is 6.54 Å². The van der Waals surface area contributed by atoms with Gasteiger partial charge in [-0.05, 0) is 49.6 Å². The number of carbonyl (C=O) groups is 1. The van der Waals surface area contributed by atoms with Crippen LogP contribution in [0.25, 0.3) is 0 Å². The molecular formula is C19H21ClF2N2O. The molecule has 2 aromatic rings. The van der Waals surface area contributed by atoms with Crippen LogP contribution >= 0.6 is 12.4 Å². The molecule has 0 bridgehead atoms. The summed E-state index contributed by atoms with van der Waals surface area (Å²) in [6.07, 6.45) is 2.18. The number of benzene rings is 2. The lowest BCUT2D eigenvalue weighted by atomic mass is 10.0. The Labute approximate surface area is 152 Å². The summed E-state index contributed by atoms with van der Waals surface area (Å²) in [4.78, 5) is 14.5. The summed E-state index contributed by atoms with van der Waals surface area (Å²) < 4.78 is 27.2. The van der Waals surface area contributed by atoms with Crippen molar-refractivity contribution in [1.29, 1.82) is 0 Å². The van der Waals surface area contributed by atoms with E-state index < -0.39 is 0 Å². The molecular weight excluding hydrogens is 346 g/mol. The van der Waals surface area contributed by atoms with Crippen LogP contribution in [0.1, 0.15) is 24.8 Å². The Morgan fingerprint density at radius 2 is 1.76 bits per heavy atom. The smallest absolute Gasteiger partial charge is 0.230 e. The van der Waals surface area contributed by atoms with E-state index in [4.69, 9.17) is 5.73 Å². The van der Waals surface area contributed by atoms with Crippen LogP contribution in [-0.4, -0.2) is 11.9 Å². The van der Waals surface area contributed by atoms with E-state index >= 15 is 0 Å². The summed E-state index contributed by atoms with van der Waals surface area (Å²) in [6, 6.07) is 12.1. The van der Waals surface area contributed by atoms with E-state index in [9.17, 15) is 13.6 Å². The molecule has 0 aromatic heterocycles. The highest BCUT2D eigenvalue weighted by Gasteiger charge is 2.32. The van der Waals surface area contributed by atoms with Crippen molar-refractivity contribution >= 4 is 24.0 Å². The number of hydrogen-bond donors (Lipinski definition) is 1. The Morgan fingerprint density at radius 1 is 1.08 bits per heavy atom. The van der Waals surface area contributed by atoms with Crippen molar-refractivity contribution in [3.05, 3.63) is 65.7 Å². The molecule has 3 nitrogen and oxygen atoms in total. The normalized spacial score (nSPS) is 19.3. The van der Waals surface area contributed by atoms with E-state index in [2.05, 4.69) is 0 Å². The van der Waals surface area contributed by atoms with Crippen LogP contribution in [0.15, 0.2) is 48.5 Å². The first kappa shape index (κ1) is 19.3. The van der Waals surface area contributed by atoms with Gasteiger partial charge < -0.3 is 10.6 Å². The molecule has 1 amide bonds. The molecule has 1 fully saturated rings. The molecule has 1 aliphatic carbocycles. The quantitative estimate of drug-likeness (QED) is 0.887. The highest BCUT2D eigenvalue weighted by atomic mass is 35.5. The fourth-order valence-electron chi connectivity index (χ4n) is 3.18. The average Bonchev–Trinajstić information content (AvgIpc) is 3.01. The predicted molar refractivity (Wildman–Crippen MR) is 96.6 cm³/mol. The average molecular weight is 367 g/mol. The van der Waals surface area contributed by atoms with Gasteiger partial charge in [-0.1, -0.05) is 18.2 Å². The molecule has 2 unspecified atom stereocenters. The molecule has 2 atom stereocenters. The van der Waals surface area contributed by atoms with Crippen LogP contribution in [0.3, 0.4) is 0 Å². The second-order valence-corrected chi connectivity index (χ2v) is 6.26. The number of carbonyl (C=O) groups excluding carboxylic acids is 1. The molecule has 134 valence electrons. The van der Waals surface area contributed by atoms with Crippen LogP contribution in [-0.2, 0) is 11.3 Å². The van der Waals surface area contributed by atoms with Crippen molar-refractivity contribution in [1.82, 2.24) is 0 Å². The molecule has 25 heavy (non-hydrogen) atoms. The molecule has 1 saturated carbocycles. The maximum absolute atomic E-state index is 14.0. The Hall–Kier alpha value is -1.98. The van der Waals surface area contributed by atoms with E-state index in [1.165, 1.54) is 23.1 Å². The van der Waals surface area contributed by atoms with Crippen LogP contribution in [0.5, 0.6) is 0 Å². The van der Waals surface area contributed by atoms with Gasteiger partial charge in [-0.2, -0.15) is 0 Å². The van der Waals surface area contributed by atoms with Crippen molar-refractivity contribution < 1.29 is 13.6 Å². The summed E-state index contributed by atoms with van der Waals surface area (Å²) >= 11 is 0. The predicted octanol–water partition coefficient (Wildman–Crippen LogP) is 4.05. The second kappa shape index (κ2) is 8.41. The van der Waals surface area contributed by atoms with E-state index in [1.807, 2.05) is 0 Å². The summed E-state index contributed by atoms with van der Waals surface area (Å²) in [5.74, 6) is -0.991. The summed E-state index contributed by atoms with van der Waals surface area (Å²) in [7, 11) is 0. The van der Waals surface area contributed by atoms with Gasteiger partial charge in [0.25, 0.3) is 0 Å². The third-order valence-corrected chi connectivity index (χ3v) is 4.51. The number of rotatable bonds is 4. The zero-order valence-corrected chi connectivity index (χ0v) is 14.5. The number of anilines is 1. The van der Waals surface area contributed by atoms with Gasteiger partial charge in [0.2, 0.25) is 5.91 Å². The van der Waals surface area contributed by atoms with Gasteiger partial charge in [-0.3, -0.25) is 4.79 Å². The van der Waals surface area contributed by atoms with Crippen molar-refractivity contribution in [2.45, 2.75) is 31.8 Å². The maximum Gasteiger partial charge on any atom is 0.230 e. The molecule has 0 spiro atoms. The topological polar surface area (TPSA) is 46.3 Å². The molecule has 0 aliphatic heterocycles. The van der Waals surface area contributed by atoms with Gasteiger partial charge in [0.1, 0.15) is 11.6 Å². The minimum absolute atomic E-state index is 0. The monoisotopic (exact) mass is 366 g/mol. The molecule has 2 aromatic carbocycles. The summed E-state index contributed by atoms with van der Waals surface area (Å²) in [6.45, 7) is 0.114. The number of amides is 1. The van der Waals surface area contributed by atoms with E-state index in [1.54, 1.807) is 30.3 Å². The third kappa shape index (κ3) is 4.55. The van der Waals surface area contributed by atoms with Crippen LogP contribution in [0, 0.1) is 17.6 Å². The largest absolute Gasteiger partial charge is 0.328 e. The minimum Gasteiger partial charge on any atom is -0.328 e. The first-order valence-electron chi connectivity index (χ1n) is 8.10. The van der Waals surface area contributed by atoms with Crippen molar-refractivity contribution in [3.63, 3.8) is 0 Å². The summed E-state index contributed by atoms with van der Waals surface area (Å²) in [5, 5.41) is 0. The highest BCUT2D eigenvalue weighted by molar-refractivity contribution is 5.95. The van der Waals surface area contributed by atoms with Gasteiger partial charge in [-0.25, -0.2) is 8.78 Å². The number of halogens is 3. The van der Waals surface area contributed by atoms with Gasteiger partial charge >= 0.3 is 0 Å². The zero-order valence-electron chi connectivity index (χ0n) is 13.7. The molecule has 3 rings (SSSR count). The summed E-state index contributed by atoms with van der Waals surface area (Å²) in [5.41, 5.74) is 6.91. The van der Waals surface area contributed by atoms with Crippen molar-refractivity contribution in [3.8, 4) is 0 Å². The third-order valence-electron chi connectivity index (χ3n) is 4.51. The van der Waals surface area contributed by atoms with Gasteiger partial charge in [0, 0.05) is 23.2 Å². The maximum atomic E-state index is 14.0. The van der Waals surface area contributed by atoms with Gasteiger partial charge in [-0.15, -0.1) is 12.4 Å². The van der Waals surface area contributed by atoms with Crippen LogP contribution < -0.4 is 10.6 Å². The zero-order chi connectivity index (χ0) is 17.1. The first-order valence-corrected chi connectivity index (χ1v) is 8.10. The number of nitrogens with two attached hydrogens (primary N) is 1. The van der Waals surface area contributed by atoms with E-state index in [0.717, 1.165) is 12.8 Å². The van der Waals surface area contributed by atoms with Crippen LogP contribution in [0.4, 0.5) is 14.5 Å². The first-order chi connectivity index (χ1) is 11.5. The SMILES string of the molecule is Cl.NC1CCC(C(=O)N(Cc2ccccc2F)c2ccc(F)cc2)C1. The lowest BCUT2D eigenvalue weighted by Gasteiger charge is -2.26. The standard InChI is InChI=1S/C19H20F2N2O.ClH/c20-15-6-9-17(10-7-15)23(12-14-3-1-2-4-18(14)21)19(24)13-5-8-16(22)11-13;/h1-4,6-7,9-10,13,16H,5,8,11-12,22H2;1H. The Bertz CT molecular complexity index is 724. The Kier molecular flexibility index (Phi) is 6.51. The Balaban J connectivity index is 0.00000225. The molecule has 1 aliphatic rings. The van der Waals surface area contributed by atoms with Gasteiger partial charge in [0.15, 0.2) is 0 Å². The molecule has 2 N–H and O–H groups in total. The lowest BCUT2D eigenvalue weighted by molar-refractivity contribution is -0.122. The fourth-order valence-corrected chi connectivity index (χ4v) is 3.18. The molecule has 0 radical (unpaired) electrons. The van der Waals surface area contributed by atoms with Crippen molar-refractivity contribution in [2.24, 2.45) is 11.7 Å². The molecule has 0 heterocycles. The minimum atomic E-state index is -0.375. The van der Waals surface area contributed by atoms with E-state index in [-0.39, 0.29) is 48.5 Å². The fraction of sp³-hybridized carbons (Fsp3) is 0.316. The second-order valence-electron chi connectivity index (χ2n) is 6.26. The molecule has 6 heteroatoms. The molecule has 0 saturated heterocycles. The lowest BCUT2D eigenvalue weighted by Crippen LogP contribution is -2.35. The number of nitrogens with zero attached hydrogens (tertiary/aromatic N) is 1. The Morgan fingerprint density at radius 3 is 2.36 bits per heavy atom.